The molecule has 0 saturated carbocycles. The van der Waals surface area contributed by atoms with E-state index in [-0.39, 0.29) is 18.3 Å². The third-order valence-electron chi connectivity index (χ3n) is 7.03. The van der Waals surface area contributed by atoms with Crippen molar-refractivity contribution < 1.29 is 13.9 Å². The minimum Gasteiger partial charge on any atom is -0.474 e. The fourth-order valence-corrected chi connectivity index (χ4v) is 4.98. The zero-order valence-electron chi connectivity index (χ0n) is 21.0. The Morgan fingerprint density at radius 2 is 2.03 bits per heavy atom. The zero-order chi connectivity index (χ0) is 26.4. The molecule has 0 spiro atoms. The minimum atomic E-state index is -0.480. The van der Waals surface area contributed by atoms with Gasteiger partial charge >= 0.3 is 0 Å². The molecule has 11 heteroatoms. The van der Waals surface area contributed by atoms with Gasteiger partial charge in [0.15, 0.2) is 5.82 Å². The van der Waals surface area contributed by atoms with Crippen LogP contribution in [0.1, 0.15) is 18.2 Å². The number of anilines is 3. The van der Waals surface area contributed by atoms with Crippen molar-refractivity contribution in [1.29, 1.82) is 5.26 Å². The summed E-state index contributed by atoms with van der Waals surface area (Å²) in [5, 5.41) is 21.7. The fraction of sp³-hybridized carbons (Fsp3) is 0.296. The Labute approximate surface area is 218 Å². The van der Waals surface area contributed by atoms with Crippen LogP contribution in [-0.4, -0.2) is 56.3 Å². The molecule has 1 atom stereocenters. The van der Waals surface area contributed by atoms with E-state index in [1.165, 1.54) is 6.07 Å². The van der Waals surface area contributed by atoms with Crippen molar-refractivity contribution in [3.63, 3.8) is 0 Å². The third kappa shape index (κ3) is 4.14. The Kier molecular flexibility index (Phi) is 5.79. The van der Waals surface area contributed by atoms with E-state index in [9.17, 15) is 10.1 Å². The Morgan fingerprint density at radius 1 is 1.16 bits per heavy atom. The first-order chi connectivity index (χ1) is 18.4. The van der Waals surface area contributed by atoms with Crippen molar-refractivity contribution in [2.75, 3.05) is 30.3 Å². The van der Waals surface area contributed by atoms with Gasteiger partial charge in [-0.2, -0.15) is 10.4 Å². The number of fused-ring (bicyclic) bond motifs is 3. The second kappa shape index (κ2) is 9.30. The predicted octanol–water partition coefficient (Wildman–Crippen LogP) is 3.79. The lowest BCUT2D eigenvalue weighted by Gasteiger charge is -2.22. The van der Waals surface area contributed by atoms with E-state index < -0.39 is 6.04 Å². The lowest BCUT2D eigenvalue weighted by molar-refractivity contribution is -0.132. The standard InChI is InChI=1S/C27H25FN8O2/c1-15(11-29)35-5-3-19-10-24(34-36(19)14-25(35)37)33-23-9-17-7-20(22(28)8-18(17)12-31-23)21-13-32-27-26(16(21)2)30-4-6-38-27/h7-10,12-13,15,30H,3-6,14H2,1-2H3,(H,31,33,34). The van der Waals surface area contributed by atoms with Crippen LogP contribution < -0.4 is 15.4 Å². The lowest BCUT2D eigenvalue weighted by atomic mass is 9.98. The average Bonchev–Trinajstić information content (AvgIpc) is 3.21. The van der Waals surface area contributed by atoms with Crippen molar-refractivity contribution in [2.24, 2.45) is 0 Å². The molecule has 1 unspecified atom stereocenters. The molecule has 0 aliphatic carbocycles. The van der Waals surface area contributed by atoms with Gasteiger partial charge in [0.2, 0.25) is 11.8 Å². The van der Waals surface area contributed by atoms with Crippen LogP contribution in [-0.2, 0) is 17.8 Å². The monoisotopic (exact) mass is 512 g/mol. The number of ether oxygens (including phenoxy) is 1. The van der Waals surface area contributed by atoms with Crippen LogP contribution in [0, 0.1) is 24.1 Å². The maximum Gasteiger partial charge on any atom is 0.245 e. The van der Waals surface area contributed by atoms with Crippen molar-refractivity contribution in [2.45, 2.75) is 32.9 Å². The molecule has 3 aromatic heterocycles. The fourth-order valence-electron chi connectivity index (χ4n) is 4.98. The van der Waals surface area contributed by atoms with E-state index in [1.807, 2.05) is 19.1 Å². The summed E-state index contributed by atoms with van der Waals surface area (Å²) in [4.78, 5) is 23.0. The number of carbonyl (C=O) groups excluding carboxylic acids is 1. The van der Waals surface area contributed by atoms with Gasteiger partial charge in [-0.15, -0.1) is 0 Å². The highest BCUT2D eigenvalue weighted by Crippen LogP contribution is 2.37. The molecule has 0 fully saturated rings. The third-order valence-corrected chi connectivity index (χ3v) is 7.03. The maximum absolute atomic E-state index is 15.2. The number of hydrogen-bond donors (Lipinski definition) is 2. The van der Waals surface area contributed by atoms with E-state index in [4.69, 9.17) is 4.74 Å². The number of amides is 1. The van der Waals surface area contributed by atoms with Crippen LogP contribution in [0.4, 0.5) is 21.7 Å². The first kappa shape index (κ1) is 23.7. The molecule has 0 radical (unpaired) electrons. The molecule has 6 rings (SSSR count). The predicted molar refractivity (Wildman–Crippen MR) is 140 cm³/mol. The van der Waals surface area contributed by atoms with Gasteiger partial charge in [-0.25, -0.2) is 14.4 Å². The topological polar surface area (TPSA) is 121 Å². The normalized spacial score (nSPS) is 15.5. The van der Waals surface area contributed by atoms with Crippen LogP contribution in [0.5, 0.6) is 5.88 Å². The molecule has 1 aromatic carbocycles. The van der Waals surface area contributed by atoms with Gasteiger partial charge in [0.05, 0.1) is 6.07 Å². The second-order valence-corrected chi connectivity index (χ2v) is 9.45. The molecule has 2 aliphatic heterocycles. The molecular formula is C27H25FN8O2. The van der Waals surface area contributed by atoms with Gasteiger partial charge in [-0.05, 0) is 43.0 Å². The highest BCUT2D eigenvalue weighted by molar-refractivity contribution is 5.90. The summed E-state index contributed by atoms with van der Waals surface area (Å²) in [6.07, 6.45) is 3.85. The summed E-state index contributed by atoms with van der Waals surface area (Å²) in [7, 11) is 0. The van der Waals surface area contributed by atoms with Gasteiger partial charge in [0.25, 0.3) is 0 Å². The minimum absolute atomic E-state index is 0.0743. The molecule has 4 aromatic rings. The van der Waals surface area contributed by atoms with E-state index in [2.05, 4.69) is 31.8 Å². The van der Waals surface area contributed by atoms with Crippen molar-refractivity contribution >= 4 is 34.0 Å². The van der Waals surface area contributed by atoms with E-state index >= 15 is 4.39 Å². The Hall–Kier alpha value is -4.72. The molecule has 10 nitrogen and oxygen atoms in total. The number of carbonyl (C=O) groups is 1. The summed E-state index contributed by atoms with van der Waals surface area (Å²) in [5.74, 6) is 1.14. The Morgan fingerprint density at radius 3 is 2.87 bits per heavy atom. The van der Waals surface area contributed by atoms with Gasteiger partial charge in [0.1, 0.15) is 36.5 Å². The van der Waals surface area contributed by atoms with Crippen LogP contribution in [0.3, 0.4) is 0 Å². The number of pyridine rings is 2. The van der Waals surface area contributed by atoms with Gasteiger partial charge in [-0.1, -0.05) is 0 Å². The summed E-state index contributed by atoms with van der Waals surface area (Å²) >= 11 is 0. The summed E-state index contributed by atoms with van der Waals surface area (Å²) in [6, 6.07) is 8.64. The van der Waals surface area contributed by atoms with Gasteiger partial charge in [0, 0.05) is 60.2 Å². The van der Waals surface area contributed by atoms with Crippen molar-refractivity contribution in [1.82, 2.24) is 24.6 Å². The largest absolute Gasteiger partial charge is 0.474 e. The molecule has 2 N–H and O–H groups in total. The first-order valence-corrected chi connectivity index (χ1v) is 12.4. The van der Waals surface area contributed by atoms with E-state index in [1.54, 1.807) is 35.0 Å². The Bertz CT molecular complexity index is 1630. The van der Waals surface area contributed by atoms with Crippen molar-refractivity contribution in [3.8, 4) is 23.1 Å². The van der Waals surface area contributed by atoms with E-state index in [0.29, 0.717) is 60.1 Å². The summed E-state index contributed by atoms with van der Waals surface area (Å²) in [6.45, 7) is 5.39. The number of hydrogen-bond acceptors (Lipinski definition) is 8. The molecule has 38 heavy (non-hydrogen) atoms. The number of aromatic nitrogens is 4. The number of rotatable bonds is 4. The smallest absolute Gasteiger partial charge is 0.245 e. The molecule has 0 saturated heterocycles. The van der Waals surface area contributed by atoms with Crippen LogP contribution >= 0.6 is 0 Å². The zero-order valence-corrected chi connectivity index (χ0v) is 21.0. The SMILES string of the molecule is Cc1c(-c2cc3cc(Nc4cc5n(n4)CC(=O)N(C(C)C#N)CC5)ncc3cc2F)cnc2c1NCCO2. The quantitative estimate of drug-likeness (QED) is 0.424. The molecule has 0 bridgehead atoms. The average molecular weight is 513 g/mol. The van der Waals surface area contributed by atoms with Crippen LogP contribution in [0.2, 0.25) is 0 Å². The number of nitrogens with one attached hydrogen (secondary N) is 2. The molecule has 2 aliphatic rings. The number of nitrogens with zero attached hydrogens (tertiary/aromatic N) is 6. The molecule has 1 amide bonds. The number of benzene rings is 1. The highest BCUT2D eigenvalue weighted by atomic mass is 19.1. The van der Waals surface area contributed by atoms with Crippen LogP contribution in [0.25, 0.3) is 21.9 Å². The van der Waals surface area contributed by atoms with Gasteiger partial charge in [-0.3, -0.25) is 9.48 Å². The second-order valence-electron chi connectivity index (χ2n) is 9.45. The number of nitriles is 1. The highest BCUT2D eigenvalue weighted by Gasteiger charge is 2.26. The molecule has 5 heterocycles. The summed E-state index contributed by atoms with van der Waals surface area (Å²) in [5.41, 5.74) is 3.69. The molecular weight excluding hydrogens is 487 g/mol. The summed E-state index contributed by atoms with van der Waals surface area (Å²) < 4.78 is 22.4. The Balaban J connectivity index is 1.28. The molecule has 192 valence electrons. The van der Waals surface area contributed by atoms with Gasteiger partial charge < -0.3 is 20.3 Å². The number of halogens is 1. The van der Waals surface area contributed by atoms with Crippen molar-refractivity contribution in [3.05, 3.63) is 53.7 Å². The maximum atomic E-state index is 15.2. The van der Waals surface area contributed by atoms with Crippen LogP contribution in [0.15, 0.2) is 36.7 Å². The first-order valence-electron chi connectivity index (χ1n) is 12.4. The lowest BCUT2D eigenvalue weighted by Crippen LogP contribution is -2.39. The van der Waals surface area contributed by atoms with E-state index in [0.717, 1.165) is 22.3 Å².